The van der Waals surface area contributed by atoms with E-state index in [9.17, 15) is 9.59 Å². The number of thiophene rings is 1. The van der Waals surface area contributed by atoms with Crippen molar-refractivity contribution in [2.75, 3.05) is 0 Å². The Morgan fingerprint density at radius 2 is 1.80 bits per heavy atom. The minimum Gasteiger partial charge on any atom is -0.450 e. The molecule has 0 spiro atoms. The number of ketones is 1. The van der Waals surface area contributed by atoms with E-state index in [1.54, 1.807) is 13.0 Å². The first kappa shape index (κ1) is 17.6. The van der Waals surface area contributed by atoms with Gasteiger partial charge in [0.2, 0.25) is 5.78 Å². The summed E-state index contributed by atoms with van der Waals surface area (Å²) >= 11 is 7.56. The lowest BCUT2D eigenvalue weighted by atomic mass is 10.0. The molecule has 2 aromatic carbocycles. The molecule has 1 aromatic heterocycles. The van der Waals surface area contributed by atoms with Crippen molar-refractivity contribution in [1.82, 2.24) is 0 Å². The van der Waals surface area contributed by atoms with Crippen LogP contribution in [-0.2, 0) is 4.74 Å². The van der Waals surface area contributed by atoms with E-state index < -0.39 is 12.1 Å². The van der Waals surface area contributed by atoms with Crippen LogP contribution in [0.25, 0.3) is 10.1 Å². The van der Waals surface area contributed by atoms with Crippen LogP contribution < -0.4 is 0 Å². The SMILES string of the molecule is Cc1ccc(C(=O)[C@H](C)OC(=O)c2sc3ccccc3c2Cl)cc1C. The van der Waals surface area contributed by atoms with Crippen LogP contribution in [0.4, 0.5) is 0 Å². The molecule has 0 unspecified atom stereocenters. The van der Waals surface area contributed by atoms with Gasteiger partial charge < -0.3 is 4.74 Å². The number of ether oxygens (including phenoxy) is 1. The topological polar surface area (TPSA) is 43.4 Å². The third kappa shape index (κ3) is 3.46. The van der Waals surface area contributed by atoms with Crippen molar-refractivity contribution in [3.63, 3.8) is 0 Å². The highest BCUT2D eigenvalue weighted by atomic mass is 35.5. The Balaban J connectivity index is 1.80. The quantitative estimate of drug-likeness (QED) is 0.442. The van der Waals surface area contributed by atoms with Gasteiger partial charge in [-0.15, -0.1) is 11.3 Å². The van der Waals surface area contributed by atoms with Gasteiger partial charge in [0, 0.05) is 15.6 Å². The molecule has 0 aliphatic carbocycles. The van der Waals surface area contributed by atoms with E-state index in [0.717, 1.165) is 21.2 Å². The van der Waals surface area contributed by atoms with Crippen LogP contribution in [0.5, 0.6) is 0 Å². The average Bonchev–Trinajstić information content (AvgIpc) is 2.94. The molecule has 128 valence electrons. The summed E-state index contributed by atoms with van der Waals surface area (Å²) < 4.78 is 6.28. The van der Waals surface area contributed by atoms with E-state index in [2.05, 4.69) is 0 Å². The number of rotatable bonds is 4. The third-order valence-electron chi connectivity index (χ3n) is 4.16. The fourth-order valence-electron chi connectivity index (χ4n) is 2.54. The van der Waals surface area contributed by atoms with Gasteiger partial charge in [-0.05, 0) is 44.0 Å². The van der Waals surface area contributed by atoms with Crippen LogP contribution >= 0.6 is 22.9 Å². The molecule has 0 bridgehead atoms. The first-order chi connectivity index (χ1) is 11.9. The highest BCUT2D eigenvalue weighted by Gasteiger charge is 2.24. The molecule has 3 rings (SSSR count). The molecule has 0 radical (unpaired) electrons. The lowest BCUT2D eigenvalue weighted by Gasteiger charge is -2.12. The monoisotopic (exact) mass is 372 g/mol. The molecular weight excluding hydrogens is 356 g/mol. The van der Waals surface area contributed by atoms with Gasteiger partial charge in [0.05, 0.1) is 5.02 Å². The molecule has 0 aliphatic heterocycles. The van der Waals surface area contributed by atoms with Crippen molar-refractivity contribution < 1.29 is 14.3 Å². The zero-order chi connectivity index (χ0) is 18.1. The van der Waals surface area contributed by atoms with Crippen molar-refractivity contribution >= 4 is 44.8 Å². The number of benzene rings is 2. The van der Waals surface area contributed by atoms with Gasteiger partial charge in [-0.1, -0.05) is 41.9 Å². The summed E-state index contributed by atoms with van der Waals surface area (Å²) in [6.45, 7) is 5.51. The summed E-state index contributed by atoms with van der Waals surface area (Å²) in [5, 5.41) is 1.19. The summed E-state index contributed by atoms with van der Waals surface area (Å²) in [5.41, 5.74) is 2.67. The van der Waals surface area contributed by atoms with Crippen molar-refractivity contribution in [3.8, 4) is 0 Å². The number of fused-ring (bicyclic) bond motifs is 1. The first-order valence-electron chi connectivity index (χ1n) is 7.88. The van der Waals surface area contributed by atoms with Gasteiger partial charge in [-0.25, -0.2) is 4.79 Å². The fraction of sp³-hybridized carbons (Fsp3) is 0.200. The van der Waals surface area contributed by atoms with E-state index >= 15 is 0 Å². The number of Topliss-reactive ketones (excluding diaryl/α,β-unsaturated/α-hetero) is 1. The van der Waals surface area contributed by atoms with Crippen LogP contribution in [0.3, 0.4) is 0 Å². The van der Waals surface area contributed by atoms with Crippen molar-refractivity contribution in [2.45, 2.75) is 26.9 Å². The molecule has 0 saturated heterocycles. The van der Waals surface area contributed by atoms with Gasteiger partial charge in [0.15, 0.2) is 6.10 Å². The maximum Gasteiger partial charge on any atom is 0.350 e. The summed E-state index contributed by atoms with van der Waals surface area (Å²) in [6, 6.07) is 13.0. The predicted molar refractivity (Wildman–Crippen MR) is 102 cm³/mol. The Hall–Kier alpha value is -2.17. The van der Waals surface area contributed by atoms with E-state index in [1.165, 1.54) is 11.3 Å². The standard InChI is InChI=1S/C20H17ClO3S/c1-11-8-9-14(10-12(11)2)18(22)13(3)24-20(23)19-17(21)15-6-4-5-7-16(15)25-19/h4-10,13H,1-3H3/t13-/m0/s1. The molecule has 1 heterocycles. The number of aryl methyl sites for hydroxylation is 2. The molecule has 3 nitrogen and oxygen atoms in total. The average molecular weight is 373 g/mol. The predicted octanol–water partition coefficient (Wildman–Crippen LogP) is 5.60. The second-order valence-corrected chi connectivity index (χ2v) is 7.38. The van der Waals surface area contributed by atoms with Gasteiger partial charge in [-0.3, -0.25) is 4.79 Å². The molecule has 0 aliphatic rings. The Bertz CT molecular complexity index is 974. The summed E-state index contributed by atoms with van der Waals surface area (Å²) in [6.07, 6.45) is -0.879. The Morgan fingerprint density at radius 1 is 1.08 bits per heavy atom. The Kier molecular flexibility index (Phi) is 4.93. The lowest BCUT2D eigenvalue weighted by Crippen LogP contribution is -2.24. The number of halogens is 1. The van der Waals surface area contributed by atoms with Crippen molar-refractivity contribution in [3.05, 3.63) is 69.1 Å². The maximum atomic E-state index is 12.5. The normalized spacial score (nSPS) is 12.2. The van der Waals surface area contributed by atoms with E-state index in [1.807, 2.05) is 50.2 Å². The second kappa shape index (κ2) is 6.98. The molecule has 0 amide bonds. The molecule has 0 fully saturated rings. The smallest absolute Gasteiger partial charge is 0.350 e. The number of hydrogen-bond donors (Lipinski definition) is 0. The Morgan fingerprint density at radius 3 is 2.48 bits per heavy atom. The van der Waals surface area contributed by atoms with Gasteiger partial charge in [0.25, 0.3) is 0 Å². The minimum atomic E-state index is -0.879. The molecular formula is C20H17ClO3S. The molecule has 3 aromatic rings. The molecule has 5 heteroatoms. The van der Waals surface area contributed by atoms with Gasteiger partial charge in [0.1, 0.15) is 4.88 Å². The van der Waals surface area contributed by atoms with Gasteiger partial charge in [-0.2, -0.15) is 0 Å². The van der Waals surface area contributed by atoms with Crippen LogP contribution in [0.15, 0.2) is 42.5 Å². The van der Waals surface area contributed by atoms with E-state index in [0.29, 0.717) is 15.5 Å². The van der Waals surface area contributed by atoms with Gasteiger partial charge >= 0.3 is 5.97 Å². The van der Waals surface area contributed by atoms with Crippen LogP contribution in [0, 0.1) is 13.8 Å². The molecule has 1 atom stereocenters. The van der Waals surface area contributed by atoms with Crippen LogP contribution in [-0.4, -0.2) is 17.9 Å². The number of hydrogen-bond acceptors (Lipinski definition) is 4. The molecule has 25 heavy (non-hydrogen) atoms. The number of carbonyl (C=O) groups excluding carboxylic acids is 2. The van der Waals surface area contributed by atoms with E-state index in [4.69, 9.17) is 16.3 Å². The van der Waals surface area contributed by atoms with Crippen LogP contribution in [0.1, 0.15) is 38.1 Å². The first-order valence-corrected chi connectivity index (χ1v) is 9.07. The van der Waals surface area contributed by atoms with Crippen molar-refractivity contribution in [2.24, 2.45) is 0 Å². The third-order valence-corrected chi connectivity index (χ3v) is 5.82. The maximum absolute atomic E-state index is 12.5. The summed E-state index contributed by atoms with van der Waals surface area (Å²) in [5.74, 6) is -0.801. The van der Waals surface area contributed by atoms with Crippen molar-refractivity contribution in [1.29, 1.82) is 0 Å². The molecule has 0 N–H and O–H groups in total. The number of esters is 1. The largest absolute Gasteiger partial charge is 0.450 e. The number of carbonyl (C=O) groups is 2. The molecule has 0 saturated carbocycles. The minimum absolute atomic E-state index is 0.228. The zero-order valence-electron chi connectivity index (χ0n) is 14.1. The Labute approximate surface area is 155 Å². The highest BCUT2D eigenvalue weighted by Crippen LogP contribution is 2.35. The zero-order valence-corrected chi connectivity index (χ0v) is 15.7. The lowest BCUT2D eigenvalue weighted by molar-refractivity contribution is 0.0324. The fourth-order valence-corrected chi connectivity index (χ4v) is 3.93. The van der Waals surface area contributed by atoms with Crippen LogP contribution in [0.2, 0.25) is 5.02 Å². The summed E-state index contributed by atoms with van der Waals surface area (Å²) in [7, 11) is 0. The summed E-state index contributed by atoms with van der Waals surface area (Å²) in [4.78, 5) is 25.3. The van der Waals surface area contributed by atoms with E-state index in [-0.39, 0.29) is 5.78 Å². The second-order valence-electron chi connectivity index (χ2n) is 5.95. The highest BCUT2D eigenvalue weighted by molar-refractivity contribution is 7.21.